The van der Waals surface area contributed by atoms with Gasteiger partial charge in [0.2, 0.25) is 11.8 Å². The molecule has 24 heavy (non-hydrogen) atoms. The van der Waals surface area contributed by atoms with Crippen LogP contribution in [0.15, 0.2) is 34.9 Å². The molecule has 0 saturated carbocycles. The summed E-state index contributed by atoms with van der Waals surface area (Å²) in [4.78, 5) is 29.1. The molecule has 0 aliphatic carbocycles. The van der Waals surface area contributed by atoms with E-state index in [1.165, 1.54) is 12.1 Å². The van der Waals surface area contributed by atoms with Gasteiger partial charge >= 0.3 is 0 Å². The smallest absolute Gasteiger partial charge is 0.223 e. The molecule has 126 valence electrons. The van der Waals surface area contributed by atoms with Crippen LogP contribution in [0, 0.1) is 11.7 Å². The molecule has 2 N–H and O–H groups in total. The van der Waals surface area contributed by atoms with Crippen LogP contribution >= 0.6 is 0 Å². The molecule has 1 saturated heterocycles. The van der Waals surface area contributed by atoms with E-state index in [0.29, 0.717) is 37.6 Å². The Balaban J connectivity index is 1.55. The van der Waals surface area contributed by atoms with Crippen LogP contribution in [0.5, 0.6) is 0 Å². The number of hydrogen-bond acceptors (Lipinski definition) is 4. The molecule has 1 atom stereocenters. The van der Waals surface area contributed by atoms with Gasteiger partial charge in [-0.1, -0.05) is 0 Å². The van der Waals surface area contributed by atoms with Crippen molar-refractivity contribution in [1.82, 2.24) is 9.88 Å². The molecule has 1 aliphatic heterocycles. The van der Waals surface area contributed by atoms with Gasteiger partial charge in [-0.25, -0.2) is 9.37 Å². The lowest BCUT2D eigenvalue weighted by atomic mass is 10.1. The lowest BCUT2D eigenvalue weighted by molar-refractivity contribution is -0.130. The Kier molecular flexibility index (Phi) is 4.59. The van der Waals surface area contributed by atoms with Crippen molar-refractivity contribution in [2.24, 2.45) is 11.7 Å². The normalized spacial score (nSPS) is 17.2. The fourth-order valence-corrected chi connectivity index (χ4v) is 2.76. The molecular formula is C17H18FN3O3. The standard InChI is InChI=1S/C17H18FN3O3/c18-13-3-1-11(2-4-13)14-9-20-15(24-14)5-6-16(22)21-8-7-12(10-21)17(19)23/h1-4,9,12H,5-8,10H2,(H2,19,23)/t12-/m0/s1. The van der Waals surface area contributed by atoms with Gasteiger partial charge in [-0.05, 0) is 30.7 Å². The molecule has 0 spiro atoms. The average molecular weight is 331 g/mol. The molecule has 6 nitrogen and oxygen atoms in total. The van der Waals surface area contributed by atoms with E-state index >= 15 is 0 Å². The molecule has 1 aliphatic rings. The number of aromatic nitrogens is 1. The van der Waals surface area contributed by atoms with Crippen LogP contribution in [0.25, 0.3) is 11.3 Å². The summed E-state index contributed by atoms with van der Waals surface area (Å²) in [5.41, 5.74) is 5.99. The molecule has 2 amide bonds. The minimum atomic E-state index is -0.359. The van der Waals surface area contributed by atoms with Crippen LogP contribution in [0.4, 0.5) is 4.39 Å². The van der Waals surface area contributed by atoms with E-state index in [9.17, 15) is 14.0 Å². The van der Waals surface area contributed by atoms with Crippen LogP contribution in [0.2, 0.25) is 0 Å². The second-order valence-electron chi connectivity index (χ2n) is 5.85. The first-order chi connectivity index (χ1) is 11.5. The Morgan fingerprint density at radius 2 is 2.08 bits per heavy atom. The van der Waals surface area contributed by atoms with Gasteiger partial charge in [0.25, 0.3) is 0 Å². The summed E-state index contributed by atoms with van der Waals surface area (Å²) in [5.74, 6) is 0.0210. The molecule has 2 aromatic rings. The van der Waals surface area contributed by atoms with E-state index in [1.807, 2.05) is 0 Å². The van der Waals surface area contributed by atoms with Crippen molar-refractivity contribution in [2.75, 3.05) is 13.1 Å². The quantitative estimate of drug-likeness (QED) is 0.904. The minimum Gasteiger partial charge on any atom is -0.441 e. The van der Waals surface area contributed by atoms with Gasteiger partial charge in [0.15, 0.2) is 11.7 Å². The van der Waals surface area contributed by atoms with Crippen LogP contribution < -0.4 is 5.73 Å². The Morgan fingerprint density at radius 1 is 1.33 bits per heavy atom. The van der Waals surface area contributed by atoms with Crippen molar-refractivity contribution in [3.8, 4) is 11.3 Å². The lowest BCUT2D eigenvalue weighted by Crippen LogP contribution is -2.31. The largest absolute Gasteiger partial charge is 0.441 e. The fourth-order valence-electron chi connectivity index (χ4n) is 2.76. The van der Waals surface area contributed by atoms with Gasteiger partial charge < -0.3 is 15.1 Å². The second-order valence-corrected chi connectivity index (χ2v) is 5.85. The Labute approximate surface area is 138 Å². The summed E-state index contributed by atoms with van der Waals surface area (Å²) in [5, 5.41) is 0. The van der Waals surface area contributed by atoms with Crippen molar-refractivity contribution in [3.05, 3.63) is 42.2 Å². The molecule has 0 unspecified atom stereocenters. The van der Waals surface area contributed by atoms with E-state index in [1.54, 1.807) is 23.2 Å². The van der Waals surface area contributed by atoms with Gasteiger partial charge in [-0.2, -0.15) is 0 Å². The number of hydrogen-bond donors (Lipinski definition) is 1. The third-order valence-electron chi connectivity index (χ3n) is 4.18. The topological polar surface area (TPSA) is 89.4 Å². The highest BCUT2D eigenvalue weighted by Crippen LogP contribution is 2.22. The number of halogens is 1. The van der Waals surface area contributed by atoms with Crippen molar-refractivity contribution in [3.63, 3.8) is 0 Å². The number of nitrogens with two attached hydrogens (primary N) is 1. The number of carbonyl (C=O) groups is 2. The first-order valence-corrected chi connectivity index (χ1v) is 7.80. The molecule has 0 radical (unpaired) electrons. The molecule has 2 heterocycles. The number of amides is 2. The van der Waals surface area contributed by atoms with Gasteiger partial charge in [0.05, 0.1) is 12.1 Å². The Bertz CT molecular complexity index is 742. The molecule has 1 aromatic carbocycles. The molecule has 1 aromatic heterocycles. The maximum atomic E-state index is 12.9. The van der Waals surface area contributed by atoms with Crippen molar-refractivity contribution >= 4 is 11.8 Å². The molecule has 3 rings (SSSR count). The minimum absolute atomic E-state index is 0.0414. The van der Waals surface area contributed by atoms with Gasteiger partial charge in [0.1, 0.15) is 5.82 Å². The predicted octanol–water partition coefficient (Wildman–Crippen LogP) is 1.75. The number of rotatable bonds is 5. The highest BCUT2D eigenvalue weighted by Gasteiger charge is 2.29. The third kappa shape index (κ3) is 3.61. The third-order valence-corrected chi connectivity index (χ3v) is 4.18. The summed E-state index contributed by atoms with van der Waals surface area (Å²) >= 11 is 0. The van der Waals surface area contributed by atoms with E-state index in [-0.39, 0.29) is 30.0 Å². The van der Waals surface area contributed by atoms with Crippen LogP contribution in [-0.4, -0.2) is 34.8 Å². The van der Waals surface area contributed by atoms with Crippen molar-refractivity contribution in [2.45, 2.75) is 19.3 Å². The highest BCUT2D eigenvalue weighted by atomic mass is 19.1. The summed E-state index contributed by atoms with van der Waals surface area (Å²) in [6.45, 7) is 0.944. The molecule has 0 bridgehead atoms. The maximum absolute atomic E-state index is 12.9. The molecular weight excluding hydrogens is 313 g/mol. The van der Waals surface area contributed by atoms with E-state index in [4.69, 9.17) is 10.2 Å². The van der Waals surface area contributed by atoms with E-state index < -0.39 is 0 Å². The number of nitrogens with zero attached hydrogens (tertiary/aromatic N) is 2. The summed E-state index contributed by atoms with van der Waals surface area (Å²) < 4.78 is 18.5. The van der Waals surface area contributed by atoms with Crippen molar-refractivity contribution < 1.29 is 18.4 Å². The predicted molar refractivity (Wildman–Crippen MR) is 84.1 cm³/mol. The van der Waals surface area contributed by atoms with Gasteiger partial charge in [-0.3, -0.25) is 9.59 Å². The molecule has 1 fully saturated rings. The number of likely N-dealkylation sites (tertiary alicyclic amines) is 1. The van der Waals surface area contributed by atoms with Crippen LogP contribution in [-0.2, 0) is 16.0 Å². The zero-order chi connectivity index (χ0) is 17.1. The second kappa shape index (κ2) is 6.82. The lowest BCUT2D eigenvalue weighted by Gasteiger charge is -2.15. The highest BCUT2D eigenvalue weighted by molar-refractivity contribution is 5.81. The Morgan fingerprint density at radius 3 is 2.75 bits per heavy atom. The number of aryl methyl sites for hydroxylation is 1. The zero-order valence-electron chi connectivity index (χ0n) is 13.1. The van der Waals surface area contributed by atoms with Gasteiger partial charge in [-0.15, -0.1) is 0 Å². The molecule has 7 heteroatoms. The van der Waals surface area contributed by atoms with Crippen molar-refractivity contribution in [1.29, 1.82) is 0 Å². The SMILES string of the molecule is NC(=O)[C@H]1CCN(C(=O)CCc2ncc(-c3ccc(F)cc3)o2)C1. The van der Waals surface area contributed by atoms with E-state index in [2.05, 4.69) is 4.98 Å². The summed E-state index contributed by atoms with van der Waals surface area (Å²) in [6.07, 6.45) is 2.81. The van der Waals surface area contributed by atoms with Gasteiger partial charge in [0, 0.05) is 31.5 Å². The van der Waals surface area contributed by atoms with Crippen LogP contribution in [0.3, 0.4) is 0 Å². The van der Waals surface area contributed by atoms with E-state index in [0.717, 1.165) is 5.56 Å². The monoisotopic (exact) mass is 331 g/mol. The van der Waals surface area contributed by atoms with Crippen LogP contribution in [0.1, 0.15) is 18.7 Å². The number of primary amides is 1. The first kappa shape index (κ1) is 16.2. The number of benzene rings is 1. The first-order valence-electron chi connectivity index (χ1n) is 7.80. The maximum Gasteiger partial charge on any atom is 0.223 e. The number of oxazole rings is 1. The Hall–Kier alpha value is -2.70. The fraction of sp³-hybridized carbons (Fsp3) is 0.353. The zero-order valence-corrected chi connectivity index (χ0v) is 13.1. The number of carbonyl (C=O) groups excluding carboxylic acids is 2. The average Bonchev–Trinajstić information content (AvgIpc) is 3.23. The summed E-state index contributed by atoms with van der Waals surface area (Å²) in [6, 6.07) is 5.92. The summed E-state index contributed by atoms with van der Waals surface area (Å²) in [7, 11) is 0.